The molecule has 0 fully saturated rings. The minimum atomic E-state index is -0.399. The molecule has 0 saturated heterocycles. The highest BCUT2D eigenvalue weighted by Gasteiger charge is 2.13. The summed E-state index contributed by atoms with van der Waals surface area (Å²) in [4.78, 5) is 16.6. The molecule has 0 spiro atoms. The maximum Gasteiger partial charge on any atom is 0.255 e. The van der Waals surface area contributed by atoms with E-state index in [1.54, 1.807) is 36.5 Å². The van der Waals surface area contributed by atoms with Gasteiger partial charge in [0.15, 0.2) is 0 Å². The molecule has 1 heterocycles. The van der Waals surface area contributed by atoms with Crippen LogP contribution in [0.2, 0.25) is 0 Å². The molecule has 0 bridgehead atoms. The van der Waals surface area contributed by atoms with E-state index in [-0.39, 0.29) is 11.6 Å². The summed E-state index contributed by atoms with van der Waals surface area (Å²) in [5.74, 6) is -0.323. The van der Waals surface area contributed by atoms with Crippen molar-refractivity contribution in [2.45, 2.75) is 6.42 Å². The summed E-state index contributed by atoms with van der Waals surface area (Å²) in [6.45, 7) is 0.511. The maximum atomic E-state index is 13.8. The van der Waals surface area contributed by atoms with Gasteiger partial charge >= 0.3 is 0 Å². The molecule has 3 aromatic rings. The minimum Gasteiger partial charge on any atom is -0.352 e. The number of para-hydroxylation sites is 1. The SMILES string of the molecule is O=C(NCCc1ccccc1)c1cccnc1Nc1ccccc1F. The zero-order valence-corrected chi connectivity index (χ0v) is 13.6. The zero-order chi connectivity index (χ0) is 17.5. The number of carbonyl (C=O) groups excluding carboxylic acids is 1. The third kappa shape index (κ3) is 4.41. The Morgan fingerprint density at radius 2 is 1.72 bits per heavy atom. The van der Waals surface area contributed by atoms with Crippen LogP contribution >= 0.6 is 0 Å². The van der Waals surface area contributed by atoms with Gasteiger partial charge < -0.3 is 10.6 Å². The second kappa shape index (κ2) is 8.06. The molecular formula is C20H18FN3O. The standard InChI is InChI=1S/C20H18FN3O/c21-17-10-4-5-11-18(17)24-19-16(9-6-13-22-19)20(25)23-14-12-15-7-2-1-3-8-15/h1-11,13H,12,14H2,(H,22,24)(H,23,25). The fourth-order valence-electron chi connectivity index (χ4n) is 2.44. The molecule has 0 aliphatic rings. The monoisotopic (exact) mass is 335 g/mol. The van der Waals surface area contributed by atoms with Crippen molar-refractivity contribution in [2.75, 3.05) is 11.9 Å². The van der Waals surface area contributed by atoms with Gasteiger partial charge in [-0.15, -0.1) is 0 Å². The Morgan fingerprint density at radius 1 is 0.960 bits per heavy atom. The lowest BCUT2D eigenvalue weighted by Crippen LogP contribution is -2.26. The molecule has 0 saturated carbocycles. The van der Waals surface area contributed by atoms with Crippen molar-refractivity contribution in [2.24, 2.45) is 0 Å². The summed E-state index contributed by atoms with van der Waals surface area (Å²) in [6.07, 6.45) is 2.30. The second-order valence-electron chi connectivity index (χ2n) is 5.50. The van der Waals surface area contributed by atoms with E-state index >= 15 is 0 Å². The highest BCUT2D eigenvalue weighted by molar-refractivity contribution is 5.99. The van der Waals surface area contributed by atoms with E-state index in [0.717, 1.165) is 12.0 Å². The average molecular weight is 335 g/mol. The molecule has 0 unspecified atom stereocenters. The van der Waals surface area contributed by atoms with Crippen LogP contribution in [0.25, 0.3) is 0 Å². The molecule has 5 heteroatoms. The van der Waals surface area contributed by atoms with Gasteiger partial charge in [-0.3, -0.25) is 4.79 Å². The second-order valence-corrected chi connectivity index (χ2v) is 5.50. The molecule has 25 heavy (non-hydrogen) atoms. The van der Waals surface area contributed by atoms with Crippen molar-refractivity contribution >= 4 is 17.4 Å². The number of hydrogen-bond donors (Lipinski definition) is 2. The number of anilines is 2. The lowest BCUT2D eigenvalue weighted by atomic mass is 10.1. The molecule has 0 aliphatic carbocycles. The van der Waals surface area contributed by atoms with Crippen molar-refractivity contribution < 1.29 is 9.18 Å². The van der Waals surface area contributed by atoms with Crippen LogP contribution in [0.5, 0.6) is 0 Å². The average Bonchev–Trinajstić information content (AvgIpc) is 2.65. The van der Waals surface area contributed by atoms with Gasteiger partial charge in [-0.25, -0.2) is 9.37 Å². The van der Waals surface area contributed by atoms with Gasteiger partial charge in [-0.2, -0.15) is 0 Å². The van der Waals surface area contributed by atoms with Crippen LogP contribution in [-0.2, 0) is 6.42 Å². The minimum absolute atomic E-state index is 0.247. The summed E-state index contributed by atoms with van der Waals surface area (Å²) in [7, 11) is 0. The molecule has 126 valence electrons. The number of rotatable bonds is 6. The Hall–Kier alpha value is -3.21. The van der Waals surface area contributed by atoms with E-state index in [0.29, 0.717) is 17.9 Å². The van der Waals surface area contributed by atoms with E-state index in [9.17, 15) is 9.18 Å². The Bertz CT molecular complexity index is 852. The number of aromatic nitrogens is 1. The summed E-state index contributed by atoms with van der Waals surface area (Å²) in [5, 5.41) is 5.76. The van der Waals surface area contributed by atoms with Crippen molar-refractivity contribution in [1.29, 1.82) is 0 Å². The first-order chi connectivity index (χ1) is 12.2. The van der Waals surface area contributed by atoms with Crippen LogP contribution in [0.4, 0.5) is 15.9 Å². The normalized spacial score (nSPS) is 10.3. The van der Waals surface area contributed by atoms with Gasteiger partial charge in [0.25, 0.3) is 5.91 Å². The highest BCUT2D eigenvalue weighted by Crippen LogP contribution is 2.20. The third-order valence-corrected chi connectivity index (χ3v) is 3.72. The molecular weight excluding hydrogens is 317 g/mol. The number of amides is 1. The molecule has 0 aliphatic heterocycles. The largest absolute Gasteiger partial charge is 0.352 e. The number of nitrogens with one attached hydrogen (secondary N) is 2. The van der Waals surface area contributed by atoms with E-state index in [2.05, 4.69) is 15.6 Å². The molecule has 1 amide bonds. The van der Waals surface area contributed by atoms with Gasteiger partial charge in [-0.05, 0) is 36.2 Å². The number of nitrogens with zero attached hydrogens (tertiary/aromatic N) is 1. The number of hydrogen-bond acceptors (Lipinski definition) is 3. The number of halogens is 1. The van der Waals surface area contributed by atoms with Crippen LogP contribution in [-0.4, -0.2) is 17.4 Å². The van der Waals surface area contributed by atoms with Crippen LogP contribution in [0.3, 0.4) is 0 Å². The van der Waals surface area contributed by atoms with Crippen LogP contribution in [0.15, 0.2) is 72.9 Å². The van der Waals surface area contributed by atoms with Crippen LogP contribution in [0.1, 0.15) is 15.9 Å². The smallest absolute Gasteiger partial charge is 0.255 e. The quantitative estimate of drug-likeness (QED) is 0.717. The van der Waals surface area contributed by atoms with Crippen molar-refractivity contribution in [3.05, 3.63) is 89.9 Å². The highest BCUT2D eigenvalue weighted by atomic mass is 19.1. The van der Waals surface area contributed by atoms with Gasteiger partial charge in [0, 0.05) is 12.7 Å². The molecule has 0 radical (unpaired) electrons. The number of carbonyl (C=O) groups is 1. The summed E-state index contributed by atoms with van der Waals surface area (Å²) >= 11 is 0. The molecule has 2 aromatic carbocycles. The Labute approximate surface area is 145 Å². The van der Waals surface area contributed by atoms with E-state index in [1.807, 2.05) is 30.3 Å². The lowest BCUT2D eigenvalue weighted by molar-refractivity contribution is 0.0954. The fraction of sp³-hybridized carbons (Fsp3) is 0.100. The van der Waals surface area contributed by atoms with Gasteiger partial charge in [0.05, 0.1) is 11.3 Å². The van der Waals surface area contributed by atoms with E-state index in [4.69, 9.17) is 0 Å². The fourth-order valence-corrected chi connectivity index (χ4v) is 2.44. The first-order valence-electron chi connectivity index (χ1n) is 8.03. The molecule has 3 rings (SSSR count). The van der Waals surface area contributed by atoms with Crippen LogP contribution < -0.4 is 10.6 Å². The predicted octanol–water partition coefficient (Wildman–Crippen LogP) is 3.94. The Kier molecular flexibility index (Phi) is 5.36. The number of pyridine rings is 1. The summed E-state index contributed by atoms with van der Waals surface area (Å²) in [5.41, 5.74) is 1.80. The van der Waals surface area contributed by atoms with E-state index < -0.39 is 5.82 Å². The molecule has 4 nitrogen and oxygen atoms in total. The summed E-state index contributed by atoms with van der Waals surface area (Å²) < 4.78 is 13.8. The van der Waals surface area contributed by atoms with Gasteiger partial charge in [0.2, 0.25) is 0 Å². The van der Waals surface area contributed by atoms with Gasteiger partial charge in [-0.1, -0.05) is 42.5 Å². The predicted molar refractivity (Wildman–Crippen MR) is 96.4 cm³/mol. The lowest BCUT2D eigenvalue weighted by Gasteiger charge is -2.11. The molecule has 0 atom stereocenters. The van der Waals surface area contributed by atoms with Crippen molar-refractivity contribution in [1.82, 2.24) is 10.3 Å². The van der Waals surface area contributed by atoms with E-state index in [1.165, 1.54) is 6.07 Å². The first-order valence-corrected chi connectivity index (χ1v) is 8.03. The van der Waals surface area contributed by atoms with Gasteiger partial charge in [0.1, 0.15) is 11.6 Å². The molecule has 1 aromatic heterocycles. The number of benzene rings is 2. The third-order valence-electron chi connectivity index (χ3n) is 3.72. The van der Waals surface area contributed by atoms with Crippen molar-refractivity contribution in [3.63, 3.8) is 0 Å². The molecule has 2 N–H and O–H groups in total. The Morgan fingerprint density at radius 3 is 2.52 bits per heavy atom. The Balaban J connectivity index is 1.67. The van der Waals surface area contributed by atoms with Crippen molar-refractivity contribution in [3.8, 4) is 0 Å². The zero-order valence-electron chi connectivity index (χ0n) is 13.6. The van der Waals surface area contributed by atoms with Crippen LogP contribution in [0, 0.1) is 5.82 Å². The maximum absolute atomic E-state index is 13.8. The summed E-state index contributed by atoms with van der Waals surface area (Å²) in [6, 6.07) is 19.5. The topological polar surface area (TPSA) is 54.0 Å². The first kappa shape index (κ1) is 16.6.